The highest BCUT2D eigenvalue weighted by Crippen LogP contribution is 2.10. The second kappa shape index (κ2) is 10.2. The Morgan fingerprint density at radius 2 is 2.00 bits per heavy atom. The maximum Gasteiger partial charge on any atom is 0.251 e. The minimum Gasteiger partial charge on any atom is -0.381 e. The maximum atomic E-state index is 12.1. The summed E-state index contributed by atoms with van der Waals surface area (Å²) in [6, 6.07) is 3.60. The van der Waals surface area contributed by atoms with Gasteiger partial charge in [0.05, 0.1) is 0 Å². The molecule has 5 nitrogen and oxygen atoms in total. The van der Waals surface area contributed by atoms with Crippen LogP contribution in [0.4, 0.5) is 5.82 Å². The summed E-state index contributed by atoms with van der Waals surface area (Å²) in [5, 5.41) is 6.12. The molecule has 1 aromatic heterocycles. The molecule has 0 aliphatic carbocycles. The van der Waals surface area contributed by atoms with Crippen molar-refractivity contribution in [1.82, 2.24) is 10.3 Å². The number of rotatable bonds is 10. The van der Waals surface area contributed by atoms with E-state index in [0.717, 1.165) is 43.9 Å². The van der Waals surface area contributed by atoms with Gasteiger partial charge in [0.15, 0.2) is 0 Å². The molecule has 0 unspecified atom stereocenters. The molecule has 2 N–H and O–H groups in total. The van der Waals surface area contributed by atoms with Crippen molar-refractivity contribution < 1.29 is 9.53 Å². The highest BCUT2D eigenvalue weighted by Gasteiger charge is 2.08. The zero-order chi connectivity index (χ0) is 15.5. The molecule has 1 aromatic rings. The van der Waals surface area contributed by atoms with Crippen molar-refractivity contribution in [2.45, 2.75) is 40.0 Å². The van der Waals surface area contributed by atoms with E-state index < -0.39 is 0 Å². The van der Waals surface area contributed by atoms with Crippen molar-refractivity contribution in [1.29, 1.82) is 0 Å². The van der Waals surface area contributed by atoms with Crippen LogP contribution < -0.4 is 10.6 Å². The van der Waals surface area contributed by atoms with Gasteiger partial charge in [-0.15, -0.1) is 0 Å². The van der Waals surface area contributed by atoms with Gasteiger partial charge in [-0.2, -0.15) is 0 Å². The Kier molecular flexibility index (Phi) is 8.43. The molecular weight excluding hydrogens is 266 g/mol. The van der Waals surface area contributed by atoms with Gasteiger partial charge in [-0.25, -0.2) is 4.98 Å². The fraction of sp³-hybridized carbons (Fsp3) is 0.625. The zero-order valence-electron chi connectivity index (χ0n) is 13.4. The number of amides is 1. The summed E-state index contributed by atoms with van der Waals surface area (Å²) in [7, 11) is 0. The van der Waals surface area contributed by atoms with Crippen LogP contribution in [0.2, 0.25) is 0 Å². The van der Waals surface area contributed by atoms with Crippen molar-refractivity contribution >= 4 is 11.7 Å². The summed E-state index contributed by atoms with van der Waals surface area (Å²) in [5.74, 6) is 0.698. The molecule has 21 heavy (non-hydrogen) atoms. The number of nitrogens with zero attached hydrogens (tertiary/aromatic N) is 1. The summed E-state index contributed by atoms with van der Waals surface area (Å²) < 4.78 is 5.38. The molecule has 0 saturated heterocycles. The second-order valence-electron chi connectivity index (χ2n) is 5.03. The lowest BCUT2D eigenvalue weighted by Crippen LogP contribution is -2.25. The monoisotopic (exact) mass is 293 g/mol. The molecule has 0 aromatic carbocycles. The van der Waals surface area contributed by atoms with Crippen LogP contribution in [0.25, 0.3) is 0 Å². The predicted molar refractivity (Wildman–Crippen MR) is 85.8 cm³/mol. The number of aryl methyl sites for hydroxylation is 1. The van der Waals surface area contributed by atoms with E-state index in [-0.39, 0.29) is 5.91 Å². The Hall–Kier alpha value is -1.62. The summed E-state index contributed by atoms with van der Waals surface area (Å²) in [6.45, 7) is 9.02. The molecule has 1 rings (SSSR count). The molecule has 5 heteroatoms. The molecule has 0 saturated carbocycles. The largest absolute Gasteiger partial charge is 0.381 e. The first-order chi connectivity index (χ1) is 10.2. The lowest BCUT2D eigenvalue weighted by atomic mass is 10.2. The SMILES string of the molecule is CCCNc1cc(C(=O)NCCCOCCC)cc(C)n1. The number of hydrogen-bond acceptors (Lipinski definition) is 4. The van der Waals surface area contributed by atoms with Crippen molar-refractivity contribution in [3.8, 4) is 0 Å². The van der Waals surface area contributed by atoms with Gasteiger partial charge in [0.2, 0.25) is 0 Å². The number of pyridine rings is 1. The van der Waals surface area contributed by atoms with Crippen LogP contribution in [0.3, 0.4) is 0 Å². The van der Waals surface area contributed by atoms with Gasteiger partial charge < -0.3 is 15.4 Å². The van der Waals surface area contributed by atoms with Crippen LogP contribution in [0.15, 0.2) is 12.1 Å². The minimum absolute atomic E-state index is 0.0597. The van der Waals surface area contributed by atoms with Crippen molar-refractivity contribution in [3.05, 3.63) is 23.4 Å². The number of aromatic nitrogens is 1. The lowest BCUT2D eigenvalue weighted by molar-refractivity contribution is 0.0941. The van der Waals surface area contributed by atoms with Crippen LogP contribution >= 0.6 is 0 Å². The molecule has 0 aliphatic heterocycles. The van der Waals surface area contributed by atoms with Crippen molar-refractivity contribution in [2.75, 3.05) is 31.6 Å². The third-order valence-electron chi connectivity index (χ3n) is 2.87. The second-order valence-corrected chi connectivity index (χ2v) is 5.03. The lowest BCUT2D eigenvalue weighted by Gasteiger charge is -2.09. The number of carbonyl (C=O) groups is 1. The maximum absolute atomic E-state index is 12.1. The summed E-state index contributed by atoms with van der Waals surface area (Å²) >= 11 is 0. The average molecular weight is 293 g/mol. The van der Waals surface area contributed by atoms with E-state index in [1.165, 1.54) is 0 Å². The Morgan fingerprint density at radius 1 is 1.19 bits per heavy atom. The first-order valence-electron chi connectivity index (χ1n) is 7.75. The molecule has 0 radical (unpaired) electrons. The van der Waals surface area contributed by atoms with Gasteiger partial charge in [0, 0.05) is 37.6 Å². The third-order valence-corrected chi connectivity index (χ3v) is 2.87. The molecule has 1 heterocycles. The fourth-order valence-electron chi connectivity index (χ4n) is 1.87. The molecule has 1 amide bonds. The zero-order valence-corrected chi connectivity index (χ0v) is 13.4. The Bertz CT molecular complexity index is 436. The molecule has 0 aliphatic rings. The highest BCUT2D eigenvalue weighted by molar-refractivity contribution is 5.94. The van der Waals surface area contributed by atoms with E-state index >= 15 is 0 Å². The van der Waals surface area contributed by atoms with Gasteiger partial charge in [0.1, 0.15) is 5.82 Å². The van der Waals surface area contributed by atoms with Gasteiger partial charge >= 0.3 is 0 Å². The van der Waals surface area contributed by atoms with E-state index in [1.807, 2.05) is 6.92 Å². The number of ether oxygens (including phenoxy) is 1. The minimum atomic E-state index is -0.0597. The Morgan fingerprint density at radius 3 is 2.71 bits per heavy atom. The number of nitrogens with one attached hydrogen (secondary N) is 2. The first-order valence-corrected chi connectivity index (χ1v) is 7.75. The van der Waals surface area contributed by atoms with Crippen LogP contribution in [0, 0.1) is 6.92 Å². The highest BCUT2D eigenvalue weighted by atomic mass is 16.5. The van der Waals surface area contributed by atoms with Crippen LogP contribution in [-0.2, 0) is 4.74 Å². The average Bonchev–Trinajstić information content (AvgIpc) is 2.48. The quantitative estimate of drug-likeness (QED) is 0.651. The Labute approximate surface area is 127 Å². The molecule has 118 valence electrons. The van der Waals surface area contributed by atoms with Crippen LogP contribution in [0.1, 0.15) is 49.2 Å². The number of anilines is 1. The van der Waals surface area contributed by atoms with Gasteiger partial charge in [-0.05, 0) is 38.3 Å². The molecule has 0 bridgehead atoms. The van der Waals surface area contributed by atoms with Crippen molar-refractivity contribution in [2.24, 2.45) is 0 Å². The predicted octanol–water partition coefficient (Wildman–Crippen LogP) is 2.76. The van der Waals surface area contributed by atoms with E-state index in [1.54, 1.807) is 12.1 Å². The van der Waals surface area contributed by atoms with Crippen LogP contribution in [-0.4, -0.2) is 37.2 Å². The molecular formula is C16H27N3O2. The summed E-state index contributed by atoms with van der Waals surface area (Å²) in [6.07, 6.45) is 2.88. The normalized spacial score (nSPS) is 10.4. The summed E-state index contributed by atoms with van der Waals surface area (Å²) in [4.78, 5) is 16.5. The van der Waals surface area contributed by atoms with E-state index in [2.05, 4.69) is 29.5 Å². The summed E-state index contributed by atoms with van der Waals surface area (Å²) in [5.41, 5.74) is 1.49. The fourth-order valence-corrected chi connectivity index (χ4v) is 1.87. The molecule has 0 fully saturated rings. The van der Waals surface area contributed by atoms with E-state index in [4.69, 9.17) is 4.74 Å². The van der Waals surface area contributed by atoms with Gasteiger partial charge in [-0.1, -0.05) is 13.8 Å². The topological polar surface area (TPSA) is 63.2 Å². The standard InChI is InChI=1S/C16H27N3O2/c1-4-7-17-15-12-14(11-13(3)19-15)16(20)18-8-6-10-21-9-5-2/h11-12H,4-10H2,1-3H3,(H,17,19)(H,18,20). The van der Waals surface area contributed by atoms with E-state index in [0.29, 0.717) is 18.7 Å². The van der Waals surface area contributed by atoms with E-state index in [9.17, 15) is 4.79 Å². The molecule has 0 atom stereocenters. The van der Waals surface area contributed by atoms with Crippen LogP contribution in [0.5, 0.6) is 0 Å². The third kappa shape index (κ3) is 7.09. The van der Waals surface area contributed by atoms with Gasteiger partial charge in [-0.3, -0.25) is 4.79 Å². The number of carbonyl (C=O) groups excluding carboxylic acids is 1. The Balaban J connectivity index is 2.44. The smallest absolute Gasteiger partial charge is 0.251 e. The first kappa shape index (κ1) is 17.4. The van der Waals surface area contributed by atoms with Gasteiger partial charge in [0.25, 0.3) is 5.91 Å². The molecule has 0 spiro atoms. The number of hydrogen-bond donors (Lipinski definition) is 2. The van der Waals surface area contributed by atoms with Crippen molar-refractivity contribution in [3.63, 3.8) is 0 Å².